The van der Waals surface area contributed by atoms with Crippen molar-refractivity contribution in [1.82, 2.24) is 0 Å². The average Bonchev–Trinajstić information content (AvgIpc) is 2.54. The number of carboxylic acid groups (broad SMARTS) is 1. The molecule has 0 fully saturated rings. The van der Waals surface area contributed by atoms with E-state index in [0.717, 1.165) is 25.7 Å². The van der Waals surface area contributed by atoms with Gasteiger partial charge in [0.15, 0.2) is 0 Å². The van der Waals surface area contributed by atoms with Gasteiger partial charge in [-0.3, -0.25) is 19.2 Å². The van der Waals surface area contributed by atoms with E-state index >= 15 is 0 Å². The molecule has 0 spiro atoms. The second-order valence-electron chi connectivity index (χ2n) is 5.66. The second-order valence-corrected chi connectivity index (χ2v) is 5.66. The van der Waals surface area contributed by atoms with Gasteiger partial charge < -0.3 is 19.7 Å². The summed E-state index contributed by atoms with van der Waals surface area (Å²) in [7, 11) is 0. The van der Waals surface area contributed by atoms with Crippen molar-refractivity contribution in [3.05, 3.63) is 0 Å². The van der Waals surface area contributed by atoms with Gasteiger partial charge in [-0.25, -0.2) is 0 Å². The van der Waals surface area contributed by atoms with Crippen molar-refractivity contribution in [2.45, 2.75) is 70.6 Å². The van der Waals surface area contributed by atoms with Crippen LogP contribution in [0.15, 0.2) is 0 Å². The van der Waals surface area contributed by atoms with Gasteiger partial charge in [-0.1, -0.05) is 6.42 Å². The molecule has 144 valence electrons. The minimum Gasteiger partial charge on any atom is -0.481 e. The van der Waals surface area contributed by atoms with Crippen LogP contribution in [0, 0.1) is 0 Å². The van der Waals surface area contributed by atoms with Crippen molar-refractivity contribution in [1.29, 1.82) is 0 Å². The second kappa shape index (κ2) is 15.6. The fraction of sp³-hybridized carbons (Fsp3) is 0.765. The number of rotatable bonds is 15. The van der Waals surface area contributed by atoms with Crippen molar-refractivity contribution < 1.29 is 38.9 Å². The normalized spacial score (nSPS) is 10.3. The maximum Gasteiger partial charge on any atom is 0.313 e. The summed E-state index contributed by atoms with van der Waals surface area (Å²) in [5, 5.41) is 17.1. The van der Waals surface area contributed by atoms with Gasteiger partial charge in [-0.05, 0) is 38.5 Å². The molecule has 8 heteroatoms. The number of aliphatic hydroxyl groups is 1. The van der Waals surface area contributed by atoms with Gasteiger partial charge in [0.25, 0.3) is 0 Å². The lowest BCUT2D eigenvalue weighted by Crippen LogP contribution is -2.13. The Labute approximate surface area is 147 Å². The lowest BCUT2D eigenvalue weighted by Gasteiger charge is -2.05. The Kier molecular flexibility index (Phi) is 14.3. The molecule has 0 radical (unpaired) electrons. The van der Waals surface area contributed by atoms with Crippen LogP contribution in [0.4, 0.5) is 0 Å². The third-order valence-corrected chi connectivity index (χ3v) is 3.33. The van der Waals surface area contributed by atoms with E-state index in [1.54, 1.807) is 0 Å². The van der Waals surface area contributed by atoms with Gasteiger partial charge in [0.1, 0.15) is 0 Å². The molecule has 0 rings (SSSR count). The molecule has 0 aliphatic heterocycles. The van der Waals surface area contributed by atoms with E-state index in [9.17, 15) is 19.2 Å². The van der Waals surface area contributed by atoms with E-state index in [2.05, 4.69) is 4.74 Å². The summed E-state index contributed by atoms with van der Waals surface area (Å²) in [6.45, 7) is 0.490. The van der Waals surface area contributed by atoms with Crippen LogP contribution >= 0.6 is 0 Å². The highest BCUT2D eigenvalue weighted by Gasteiger charge is 2.12. The summed E-state index contributed by atoms with van der Waals surface area (Å²) in [6.07, 6.45) is 4.21. The van der Waals surface area contributed by atoms with E-state index in [1.807, 2.05) is 0 Å². The molecule has 0 saturated heterocycles. The van der Waals surface area contributed by atoms with Crippen molar-refractivity contribution in [3.63, 3.8) is 0 Å². The fourth-order valence-electron chi connectivity index (χ4n) is 1.98. The largest absolute Gasteiger partial charge is 0.481 e. The Balaban J connectivity index is 3.56. The average molecular weight is 360 g/mol. The third-order valence-electron chi connectivity index (χ3n) is 3.33. The molecule has 0 unspecified atom stereocenters. The number of carboxylic acids is 1. The zero-order chi connectivity index (χ0) is 18.9. The quantitative estimate of drug-likeness (QED) is 0.258. The summed E-state index contributed by atoms with van der Waals surface area (Å²) in [5.41, 5.74) is 0. The van der Waals surface area contributed by atoms with Crippen LogP contribution in [0.2, 0.25) is 0 Å². The Bertz CT molecular complexity index is 419. The molecule has 25 heavy (non-hydrogen) atoms. The molecule has 0 heterocycles. The van der Waals surface area contributed by atoms with Gasteiger partial charge in [-0.2, -0.15) is 0 Å². The van der Waals surface area contributed by atoms with Crippen molar-refractivity contribution in [2.24, 2.45) is 0 Å². The van der Waals surface area contributed by atoms with E-state index in [1.165, 1.54) is 0 Å². The highest BCUT2D eigenvalue weighted by molar-refractivity contribution is 5.85. The van der Waals surface area contributed by atoms with Crippen LogP contribution in [0.25, 0.3) is 0 Å². The van der Waals surface area contributed by atoms with Crippen LogP contribution < -0.4 is 0 Å². The zero-order valence-corrected chi connectivity index (χ0v) is 14.5. The van der Waals surface area contributed by atoms with Gasteiger partial charge in [0, 0.05) is 32.3 Å². The minimum atomic E-state index is -0.929. The zero-order valence-electron chi connectivity index (χ0n) is 14.5. The molecule has 0 aromatic carbocycles. The smallest absolute Gasteiger partial charge is 0.313 e. The molecule has 0 aromatic heterocycles. The first kappa shape index (κ1) is 23.0. The first-order chi connectivity index (χ1) is 12.0. The maximum absolute atomic E-state index is 11.4. The molecule has 0 aliphatic carbocycles. The van der Waals surface area contributed by atoms with Crippen molar-refractivity contribution >= 4 is 23.9 Å². The van der Waals surface area contributed by atoms with Crippen LogP contribution in [0.5, 0.6) is 0 Å². The number of carbonyl (C=O) groups is 4. The van der Waals surface area contributed by atoms with Gasteiger partial charge in [-0.15, -0.1) is 0 Å². The van der Waals surface area contributed by atoms with Crippen molar-refractivity contribution in [2.75, 3.05) is 13.2 Å². The molecule has 0 bridgehead atoms. The summed E-state index contributed by atoms with van der Waals surface area (Å²) >= 11 is 0. The number of hydrogen-bond donors (Lipinski definition) is 2. The Hall–Kier alpha value is -1.96. The summed E-state index contributed by atoms with van der Waals surface area (Å²) in [5.74, 6) is -2.70. The molecule has 0 saturated carbocycles. The molecule has 0 amide bonds. The summed E-state index contributed by atoms with van der Waals surface area (Å²) in [4.78, 5) is 44.5. The molecular formula is C17H28O8. The van der Waals surface area contributed by atoms with Crippen LogP contribution in [0.3, 0.4) is 0 Å². The number of aliphatic carboxylic acids is 1. The monoisotopic (exact) mass is 360 g/mol. The predicted molar refractivity (Wildman–Crippen MR) is 87.6 cm³/mol. The van der Waals surface area contributed by atoms with E-state index in [0.29, 0.717) is 19.4 Å². The van der Waals surface area contributed by atoms with Crippen LogP contribution in [-0.4, -0.2) is 47.3 Å². The predicted octanol–water partition coefficient (Wildman–Crippen LogP) is 1.97. The van der Waals surface area contributed by atoms with Crippen molar-refractivity contribution in [3.8, 4) is 0 Å². The SMILES string of the molecule is O=C(O)CCCCC(=O)OC(=O)CCCC(=O)OCCCCCCO. The maximum atomic E-state index is 11.4. The number of esters is 3. The topological polar surface area (TPSA) is 127 Å². The van der Waals surface area contributed by atoms with Gasteiger partial charge >= 0.3 is 23.9 Å². The summed E-state index contributed by atoms with van der Waals surface area (Å²) < 4.78 is 9.58. The molecule has 2 N–H and O–H groups in total. The molecule has 0 aromatic rings. The molecule has 0 aliphatic rings. The van der Waals surface area contributed by atoms with E-state index in [-0.39, 0.29) is 38.7 Å². The number of hydrogen-bond acceptors (Lipinski definition) is 7. The van der Waals surface area contributed by atoms with E-state index in [4.69, 9.17) is 14.9 Å². The summed E-state index contributed by atoms with van der Waals surface area (Å²) in [6, 6.07) is 0. The third kappa shape index (κ3) is 16.7. The molecular weight excluding hydrogens is 332 g/mol. The number of ether oxygens (including phenoxy) is 2. The molecule has 8 nitrogen and oxygen atoms in total. The lowest BCUT2D eigenvalue weighted by molar-refractivity contribution is -0.160. The Morgan fingerprint density at radius 1 is 0.640 bits per heavy atom. The van der Waals surface area contributed by atoms with Crippen LogP contribution in [0.1, 0.15) is 70.6 Å². The molecule has 0 atom stereocenters. The number of aliphatic hydroxyl groups excluding tert-OH is 1. The first-order valence-corrected chi connectivity index (χ1v) is 8.67. The minimum absolute atomic E-state index is 0.00264. The Morgan fingerprint density at radius 3 is 1.84 bits per heavy atom. The standard InChI is InChI=1S/C17H28O8/c18-12-5-1-2-6-13-24-15(21)10-7-11-17(23)25-16(22)9-4-3-8-14(19)20/h18H,1-13H2,(H,19,20). The van der Waals surface area contributed by atoms with Gasteiger partial charge in [0.2, 0.25) is 0 Å². The first-order valence-electron chi connectivity index (χ1n) is 8.67. The Morgan fingerprint density at radius 2 is 1.20 bits per heavy atom. The fourth-order valence-corrected chi connectivity index (χ4v) is 1.98. The highest BCUT2D eigenvalue weighted by atomic mass is 16.6. The number of carbonyl (C=O) groups excluding carboxylic acids is 3. The van der Waals surface area contributed by atoms with Gasteiger partial charge in [0.05, 0.1) is 6.61 Å². The number of unbranched alkanes of at least 4 members (excludes halogenated alkanes) is 4. The highest BCUT2D eigenvalue weighted by Crippen LogP contribution is 2.05. The van der Waals surface area contributed by atoms with E-state index < -0.39 is 23.9 Å². The lowest BCUT2D eigenvalue weighted by atomic mass is 10.2. The van der Waals surface area contributed by atoms with Crippen LogP contribution in [-0.2, 0) is 28.7 Å².